The van der Waals surface area contributed by atoms with E-state index in [0.29, 0.717) is 6.54 Å². The molecule has 4 rings (SSSR count). The van der Waals surface area contributed by atoms with Crippen molar-refractivity contribution in [1.29, 1.82) is 0 Å². The van der Waals surface area contributed by atoms with Crippen LogP contribution >= 0.6 is 0 Å². The van der Waals surface area contributed by atoms with Crippen LogP contribution < -0.4 is 0 Å². The number of benzene rings is 2. The van der Waals surface area contributed by atoms with Crippen LogP contribution in [0.4, 0.5) is 0 Å². The first-order chi connectivity index (χ1) is 12.8. The third kappa shape index (κ3) is 3.53. The molecule has 0 amide bonds. The minimum atomic E-state index is -0.586. The van der Waals surface area contributed by atoms with Crippen LogP contribution in [-0.4, -0.2) is 24.9 Å². The maximum atomic E-state index is 10.4. The second-order valence-electron chi connectivity index (χ2n) is 6.06. The summed E-state index contributed by atoms with van der Waals surface area (Å²) in [5.74, 6) is 0. The molecule has 0 aliphatic rings. The molecular formula is C21H18N4O. The lowest BCUT2D eigenvalue weighted by atomic mass is 10.0. The third-order valence-electron chi connectivity index (χ3n) is 4.24. The van der Waals surface area contributed by atoms with Gasteiger partial charge in [0.2, 0.25) is 0 Å². The summed E-state index contributed by atoms with van der Waals surface area (Å²) in [5.41, 5.74) is 4.77. The summed E-state index contributed by atoms with van der Waals surface area (Å²) in [6.07, 6.45) is 6.41. The van der Waals surface area contributed by atoms with E-state index in [-0.39, 0.29) is 0 Å². The number of hydrogen-bond acceptors (Lipinski definition) is 4. The van der Waals surface area contributed by atoms with Gasteiger partial charge in [-0.25, -0.2) is 9.97 Å². The highest BCUT2D eigenvalue weighted by Gasteiger charge is 2.10. The van der Waals surface area contributed by atoms with Crippen LogP contribution in [0.15, 0.2) is 85.6 Å². The molecule has 0 radical (unpaired) electrons. The molecule has 5 heteroatoms. The normalized spacial score (nSPS) is 12.0. The van der Waals surface area contributed by atoms with Gasteiger partial charge in [-0.05, 0) is 23.3 Å². The first-order valence-corrected chi connectivity index (χ1v) is 8.42. The molecule has 5 nitrogen and oxygen atoms in total. The van der Waals surface area contributed by atoms with Gasteiger partial charge in [0, 0.05) is 29.7 Å². The molecule has 1 N–H and O–H groups in total. The van der Waals surface area contributed by atoms with E-state index in [1.807, 2.05) is 60.8 Å². The number of nitrogens with zero attached hydrogens (tertiary/aromatic N) is 4. The van der Waals surface area contributed by atoms with Crippen molar-refractivity contribution in [3.8, 4) is 22.4 Å². The molecule has 2 heterocycles. The van der Waals surface area contributed by atoms with Gasteiger partial charge in [-0.15, -0.1) is 0 Å². The highest BCUT2D eigenvalue weighted by molar-refractivity contribution is 5.70. The van der Waals surface area contributed by atoms with Crippen molar-refractivity contribution in [2.75, 3.05) is 0 Å². The van der Waals surface area contributed by atoms with E-state index in [9.17, 15) is 5.11 Å². The Balaban J connectivity index is 1.55. The lowest BCUT2D eigenvalue weighted by molar-refractivity contribution is 0.151. The monoisotopic (exact) mass is 342 g/mol. The van der Waals surface area contributed by atoms with Gasteiger partial charge in [-0.1, -0.05) is 48.5 Å². The average molecular weight is 342 g/mol. The molecule has 0 aliphatic carbocycles. The molecular weight excluding hydrogens is 324 g/mol. The predicted molar refractivity (Wildman–Crippen MR) is 100 cm³/mol. The highest BCUT2D eigenvalue weighted by Crippen LogP contribution is 2.25. The van der Waals surface area contributed by atoms with Crippen LogP contribution in [0.2, 0.25) is 0 Å². The van der Waals surface area contributed by atoms with Crippen molar-refractivity contribution in [2.45, 2.75) is 12.6 Å². The summed E-state index contributed by atoms with van der Waals surface area (Å²) in [7, 11) is 0. The van der Waals surface area contributed by atoms with Gasteiger partial charge in [-0.3, -0.25) is 4.68 Å². The average Bonchev–Trinajstić information content (AvgIpc) is 3.18. The Labute approximate surface area is 151 Å². The zero-order valence-corrected chi connectivity index (χ0v) is 14.1. The van der Waals surface area contributed by atoms with Crippen LogP contribution in [0, 0.1) is 0 Å². The van der Waals surface area contributed by atoms with E-state index in [4.69, 9.17) is 0 Å². The Morgan fingerprint density at radius 3 is 2.42 bits per heavy atom. The third-order valence-corrected chi connectivity index (χ3v) is 4.24. The number of aromatic nitrogens is 4. The first-order valence-electron chi connectivity index (χ1n) is 8.42. The Hall–Kier alpha value is -3.31. The van der Waals surface area contributed by atoms with Crippen molar-refractivity contribution in [1.82, 2.24) is 19.7 Å². The van der Waals surface area contributed by atoms with Gasteiger partial charge in [-0.2, -0.15) is 5.10 Å². The van der Waals surface area contributed by atoms with E-state index in [2.05, 4.69) is 21.1 Å². The Bertz CT molecular complexity index is 983. The zero-order valence-electron chi connectivity index (χ0n) is 14.1. The van der Waals surface area contributed by atoms with Gasteiger partial charge >= 0.3 is 0 Å². The Morgan fingerprint density at radius 2 is 1.62 bits per heavy atom. The molecule has 4 aromatic rings. The van der Waals surface area contributed by atoms with E-state index in [0.717, 1.165) is 27.9 Å². The molecule has 2 aromatic carbocycles. The highest BCUT2D eigenvalue weighted by atomic mass is 16.3. The van der Waals surface area contributed by atoms with Gasteiger partial charge < -0.3 is 5.11 Å². The smallest absolute Gasteiger partial charge is 0.115 e. The fraction of sp³-hybridized carbons (Fsp3) is 0.0952. The molecule has 0 bridgehead atoms. The largest absolute Gasteiger partial charge is 0.386 e. The fourth-order valence-corrected chi connectivity index (χ4v) is 2.88. The number of rotatable bonds is 5. The summed E-state index contributed by atoms with van der Waals surface area (Å²) < 4.78 is 1.77. The second-order valence-corrected chi connectivity index (χ2v) is 6.06. The van der Waals surface area contributed by atoms with Crippen molar-refractivity contribution in [2.24, 2.45) is 0 Å². The predicted octanol–water partition coefficient (Wildman–Crippen LogP) is 3.74. The van der Waals surface area contributed by atoms with Gasteiger partial charge in [0.05, 0.1) is 18.3 Å². The molecule has 26 heavy (non-hydrogen) atoms. The van der Waals surface area contributed by atoms with E-state index < -0.39 is 6.10 Å². The Kier molecular flexibility index (Phi) is 4.53. The lowest BCUT2D eigenvalue weighted by Crippen LogP contribution is -2.09. The van der Waals surface area contributed by atoms with Gasteiger partial charge in [0.15, 0.2) is 0 Å². The maximum absolute atomic E-state index is 10.4. The second kappa shape index (κ2) is 7.29. The van der Waals surface area contributed by atoms with Crippen LogP contribution in [0.1, 0.15) is 11.7 Å². The maximum Gasteiger partial charge on any atom is 0.115 e. The van der Waals surface area contributed by atoms with Crippen LogP contribution in [0.25, 0.3) is 22.4 Å². The SMILES string of the molecule is O[C@@H](Cn1ccc(-c2cccc(-c3cncnc3)c2)n1)c1ccccc1. The molecule has 1 atom stereocenters. The molecule has 0 fully saturated rings. The quantitative estimate of drug-likeness (QED) is 0.600. The minimum absolute atomic E-state index is 0.413. The minimum Gasteiger partial charge on any atom is -0.386 e. The standard InChI is InChI=1S/C21H18N4O/c26-21(16-5-2-1-3-6-16)14-25-10-9-20(24-25)18-8-4-7-17(11-18)19-12-22-15-23-13-19/h1-13,15,21,26H,14H2/t21-/m0/s1. The number of aliphatic hydroxyl groups excluding tert-OH is 1. The molecule has 0 saturated carbocycles. The van der Waals surface area contributed by atoms with Gasteiger partial charge in [0.1, 0.15) is 6.33 Å². The van der Waals surface area contributed by atoms with Crippen molar-refractivity contribution in [3.63, 3.8) is 0 Å². The van der Waals surface area contributed by atoms with E-state index in [1.54, 1.807) is 17.1 Å². The molecule has 128 valence electrons. The van der Waals surface area contributed by atoms with E-state index in [1.165, 1.54) is 6.33 Å². The number of aliphatic hydroxyl groups is 1. The van der Waals surface area contributed by atoms with Crippen LogP contribution in [-0.2, 0) is 6.54 Å². The van der Waals surface area contributed by atoms with E-state index >= 15 is 0 Å². The Morgan fingerprint density at radius 1 is 0.846 bits per heavy atom. The van der Waals surface area contributed by atoms with Crippen molar-refractivity contribution >= 4 is 0 Å². The van der Waals surface area contributed by atoms with Crippen LogP contribution in [0.3, 0.4) is 0 Å². The summed E-state index contributed by atoms with van der Waals surface area (Å²) in [4.78, 5) is 8.14. The number of hydrogen-bond donors (Lipinski definition) is 1. The summed E-state index contributed by atoms with van der Waals surface area (Å²) in [6, 6.07) is 19.7. The lowest BCUT2D eigenvalue weighted by Gasteiger charge is -2.10. The topological polar surface area (TPSA) is 63.8 Å². The molecule has 0 spiro atoms. The molecule has 2 aromatic heterocycles. The fourth-order valence-electron chi connectivity index (χ4n) is 2.88. The van der Waals surface area contributed by atoms with Crippen molar-refractivity contribution < 1.29 is 5.11 Å². The van der Waals surface area contributed by atoms with Gasteiger partial charge in [0.25, 0.3) is 0 Å². The summed E-state index contributed by atoms with van der Waals surface area (Å²) >= 11 is 0. The van der Waals surface area contributed by atoms with Crippen molar-refractivity contribution in [3.05, 3.63) is 91.1 Å². The summed E-state index contributed by atoms with van der Waals surface area (Å²) in [5, 5.41) is 15.0. The zero-order chi connectivity index (χ0) is 17.8. The van der Waals surface area contributed by atoms with Crippen LogP contribution in [0.5, 0.6) is 0 Å². The molecule has 0 saturated heterocycles. The first kappa shape index (κ1) is 16.2. The summed E-state index contributed by atoms with van der Waals surface area (Å²) in [6.45, 7) is 0.413. The molecule has 0 aliphatic heterocycles. The molecule has 0 unspecified atom stereocenters.